The largest absolute Gasteiger partial charge is 0.361 e. The first-order chi connectivity index (χ1) is 7.27. The lowest BCUT2D eigenvalue weighted by Gasteiger charge is -2.35. The fourth-order valence-electron chi connectivity index (χ4n) is 1.99. The van der Waals surface area contributed by atoms with Crippen LogP contribution in [0.25, 0.3) is 0 Å². The highest BCUT2D eigenvalue weighted by atomic mass is 16.5. The van der Waals surface area contributed by atoms with Crippen molar-refractivity contribution in [1.29, 1.82) is 0 Å². The summed E-state index contributed by atoms with van der Waals surface area (Å²) in [6.45, 7) is 4.73. The van der Waals surface area contributed by atoms with Gasteiger partial charge >= 0.3 is 0 Å². The van der Waals surface area contributed by atoms with Gasteiger partial charge in [0.2, 0.25) is 0 Å². The van der Waals surface area contributed by atoms with E-state index in [4.69, 9.17) is 10.5 Å². The number of ether oxygens (including phenoxy) is 1. The molecule has 2 atom stereocenters. The van der Waals surface area contributed by atoms with Crippen LogP contribution < -0.4 is 5.73 Å². The number of rotatable bonds is 2. The summed E-state index contributed by atoms with van der Waals surface area (Å²) in [5.74, 6) is 0. The Morgan fingerprint density at radius 3 is 2.80 bits per heavy atom. The van der Waals surface area contributed by atoms with Gasteiger partial charge < -0.3 is 10.5 Å². The molecule has 0 radical (unpaired) electrons. The lowest BCUT2D eigenvalue weighted by Crippen LogP contribution is -2.47. The Morgan fingerprint density at radius 1 is 1.40 bits per heavy atom. The molecule has 1 heterocycles. The van der Waals surface area contributed by atoms with E-state index in [0.29, 0.717) is 6.04 Å². The number of hydrogen-bond donors (Lipinski definition) is 1. The lowest BCUT2D eigenvalue weighted by molar-refractivity contribution is -0.0379. The average Bonchev–Trinajstić information content (AvgIpc) is 2.29. The van der Waals surface area contributed by atoms with Crippen molar-refractivity contribution in [2.45, 2.75) is 19.2 Å². The molecule has 82 valence electrons. The summed E-state index contributed by atoms with van der Waals surface area (Å²) < 4.78 is 5.33. The van der Waals surface area contributed by atoms with Crippen LogP contribution in [0.4, 0.5) is 0 Å². The molecule has 1 aromatic carbocycles. The van der Waals surface area contributed by atoms with Crippen molar-refractivity contribution in [3.8, 4) is 0 Å². The second kappa shape index (κ2) is 4.75. The fourth-order valence-corrected chi connectivity index (χ4v) is 1.99. The van der Waals surface area contributed by atoms with Crippen LogP contribution in [0.1, 0.15) is 18.5 Å². The quantitative estimate of drug-likeness (QED) is 0.794. The van der Waals surface area contributed by atoms with Gasteiger partial charge in [-0.15, -0.1) is 0 Å². The van der Waals surface area contributed by atoms with Crippen LogP contribution in [-0.2, 0) is 4.74 Å². The Labute approximate surface area is 90.8 Å². The fraction of sp³-hybridized carbons (Fsp3) is 0.500. The molecule has 1 aromatic rings. The molecule has 1 aliphatic heterocycles. The molecule has 3 nitrogen and oxygen atoms in total. The molecule has 1 saturated heterocycles. The second-order valence-corrected chi connectivity index (χ2v) is 3.99. The Bertz CT molecular complexity index is 302. The van der Waals surface area contributed by atoms with E-state index in [2.05, 4.69) is 36.1 Å². The second-order valence-electron chi connectivity index (χ2n) is 3.99. The van der Waals surface area contributed by atoms with Crippen LogP contribution in [0.15, 0.2) is 30.3 Å². The molecule has 2 rings (SSSR count). The topological polar surface area (TPSA) is 38.5 Å². The van der Waals surface area contributed by atoms with E-state index in [-0.39, 0.29) is 6.23 Å². The summed E-state index contributed by atoms with van der Waals surface area (Å²) in [6, 6.07) is 10.9. The highest BCUT2D eigenvalue weighted by Crippen LogP contribution is 2.21. The van der Waals surface area contributed by atoms with Crippen molar-refractivity contribution in [2.75, 3.05) is 19.7 Å². The van der Waals surface area contributed by atoms with Gasteiger partial charge in [0.25, 0.3) is 0 Å². The van der Waals surface area contributed by atoms with Gasteiger partial charge in [0.05, 0.1) is 6.61 Å². The van der Waals surface area contributed by atoms with Gasteiger partial charge in [-0.05, 0) is 12.5 Å². The molecule has 15 heavy (non-hydrogen) atoms. The smallest absolute Gasteiger partial charge is 0.118 e. The van der Waals surface area contributed by atoms with Crippen LogP contribution in [0.5, 0.6) is 0 Å². The zero-order valence-corrected chi connectivity index (χ0v) is 9.10. The molecule has 1 aliphatic rings. The molecular formula is C12H18N2O. The van der Waals surface area contributed by atoms with Gasteiger partial charge in [-0.2, -0.15) is 0 Å². The van der Waals surface area contributed by atoms with Crippen LogP contribution in [0.2, 0.25) is 0 Å². The standard InChI is InChI=1S/C12H18N2O/c1-10(11-5-3-2-4-6-11)14-7-8-15-12(13)9-14/h2-6,10,12H,7-9,13H2,1H3. The molecule has 3 heteroatoms. The van der Waals surface area contributed by atoms with Crippen molar-refractivity contribution in [1.82, 2.24) is 4.90 Å². The predicted molar refractivity (Wildman–Crippen MR) is 60.4 cm³/mol. The van der Waals surface area contributed by atoms with Crippen LogP contribution in [-0.4, -0.2) is 30.8 Å². The molecular weight excluding hydrogens is 188 g/mol. The zero-order valence-electron chi connectivity index (χ0n) is 9.10. The summed E-state index contributed by atoms with van der Waals surface area (Å²) in [5, 5.41) is 0. The number of nitrogens with zero attached hydrogens (tertiary/aromatic N) is 1. The first-order valence-electron chi connectivity index (χ1n) is 5.43. The lowest BCUT2D eigenvalue weighted by atomic mass is 10.1. The van der Waals surface area contributed by atoms with Crippen molar-refractivity contribution < 1.29 is 4.74 Å². The SMILES string of the molecule is CC(c1ccccc1)N1CCOC(N)C1. The number of hydrogen-bond acceptors (Lipinski definition) is 3. The van der Waals surface area contributed by atoms with Crippen LogP contribution in [0, 0.1) is 0 Å². The van der Waals surface area contributed by atoms with Gasteiger partial charge in [0, 0.05) is 19.1 Å². The third-order valence-corrected chi connectivity index (χ3v) is 2.95. The van der Waals surface area contributed by atoms with E-state index in [9.17, 15) is 0 Å². The molecule has 0 saturated carbocycles. The van der Waals surface area contributed by atoms with Crippen LogP contribution >= 0.6 is 0 Å². The molecule has 2 N–H and O–H groups in total. The summed E-state index contributed by atoms with van der Waals surface area (Å²) in [7, 11) is 0. The van der Waals surface area contributed by atoms with E-state index >= 15 is 0 Å². The molecule has 0 aromatic heterocycles. The minimum absolute atomic E-state index is 0.134. The van der Waals surface area contributed by atoms with Crippen LogP contribution in [0.3, 0.4) is 0 Å². The monoisotopic (exact) mass is 206 g/mol. The minimum atomic E-state index is -0.134. The molecule has 2 unspecified atom stereocenters. The molecule has 0 bridgehead atoms. The van der Waals surface area contributed by atoms with E-state index in [1.54, 1.807) is 0 Å². The van der Waals surface area contributed by atoms with E-state index in [1.807, 2.05) is 6.07 Å². The van der Waals surface area contributed by atoms with E-state index in [1.165, 1.54) is 5.56 Å². The first-order valence-corrected chi connectivity index (χ1v) is 5.43. The van der Waals surface area contributed by atoms with Gasteiger partial charge in [-0.25, -0.2) is 0 Å². The minimum Gasteiger partial charge on any atom is -0.361 e. The molecule has 0 spiro atoms. The first kappa shape index (κ1) is 10.6. The summed E-state index contributed by atoms with van der Waals surface area (Å²) >= 11 is 0. The summed E-state index contributed by atoms with van der Waals surface area (Å²) in [6.07, 6.45) is -0.134. The number of nitrogens with two attached hydrogens (primary N) is 1. The van der Waals surface area contributed by atoms with Gasteiger partial charge in [0.1, 0.15) is 6.23 Å². The predicted octanol–water partition coefficient (Wildman–Crippen LogP) is 1.36. The Morgan fingerprint density at radius 2 is 2.13 bits per heavy atom. The van der Waals surface area contributed by atoms with Gasteiger partial charge in [-0.1, -0.05) is 30.3 Å². The maximum atomic E-state index is 5.78. The number of morpholine rings is 1. The summed E-state index contributed by atoms with van der Waals surface area (Å²) in [5.41, 5.74) is 7.12. The van der Waals surface area contributed by atoms with Gasteiger partial charge in [-0.3, -0.25) is 4.90 Å². The Balaban J connectivity index is 2.04. The van der Waals surface area contributed by atoms with Crippen molar-refractivity contribution in [3.05, 3.63) is 35.9 Å². The van der Waals surface area contributed by atoms with Crippen molar-refractivity contribution in [3.63, 3.8) is 0 Å². The highest BCUT2D eigenvalue weighted by molar-refractivity contribution is 5.18. The number of benzene rings is 1. The maximum absolute atomic E-state index is 5.78. The van der Waals surface area contributed by atoms with Gasteiger partial charge in [0.15, 0.2) is 0 Å². The van der Waals surface area contributed by atoms with Crippen molar-refractivity contribution >= 4 is 0 Å². The molecule has 0 aliphatic carbocycles. The third-order valence-electron chi connectivity index (χ3n) is 2.95. The molecule has 0 amide bonds. The Hall–Kier alpha value is -0.900. The molecule has 1 fully saturated rings. The summed E-state index contributed by atoms with van der Waals surface area (Å²) in [4.78, 5) is 2.36. The zero-order chi connectivity index (χ0) is 10.7. The van der Waals surface area contributed by atoms with E-state index < -0.39 is 0 Å². The highest BCUT2D eigenvalue weighted by Gasteiger charge is 2.22. The van der Waals surface area contributed by atoms with E-state index in [0.717, 1.165) is 19.7 Å². The Kier molecular flexibility index (Phi) is 3.36. The average molecular weight is 206 g/mol. The normalized spacial score (nSPS) is 25.1. The van der Waals surface area contributed by atoms with Crippen molar-refractivity contribution in [2.24, 2.45) is 5.73 Å². The third kappa shape index (κ3) is 2.56. The maximum Gasteiger partial charge on any atom is 0.118 e.